The highest BCUT2D eigenvalue weighted by Crippen LogP contribution is 2.33. The van der Waals surface area contributed by atoms with Crippen LogP contribution >= 0.6 is 0 Å². The SMILES string of the molecule is Cc1cc(Oc2cc(OC(C)C)c(F)cc2N)n[nH]1. The van der Waals surface area contributed by atoms with Crippen LogP contribution in [0, 0.1) is 12.7 Å². The van der Waals surface area contributed by atoms with Gasteiger partial charge in [-0.15, -0.1) is 5.10 Å². The summed E-state index contributed by atoms with van der Waals surface area (Å²) in [5.41, 5.74) is 6.76. The van der Waals surface area contributed by atoms with Gasteiger partial charge in [0.05, 0.1) is 11.8 Å². The van der Waals surface area contributed by atoms with E-state index in [1.54, 1.807) is 6.07 Å². The van der Waals surface area contributed by atoms with E-state index in [1.165, 1.54) is 12.1 Å². The molecule has 0 saturated heterocycles. The van der Waals surface area contributed by atoms with Crippen LogP contribution in [0.4, 0.5) is 10.1 Å². The van der Waals surface area contributed by atoms with Crippen molar-refractivity contribution in [1.82, 2.24) is 10.2 Å². The molecule has 0 bridgehead atoms. The lowest BCUT2D eigenvalue weighted by atomic mass is 10.2. The first-order valence-corrected chi connectivity index (χ1v) is 5.91. The zero-order chi connectivity index (χ0) is 14.0. The second-order valence-electron chi connectivity index (χ2n) is 4.48. The third-order valence-electron chi connectivity index (χ3n) is 2.32. The van der Waals surface area contributed by atoms with Crippen molar-refractivity contribution in [3.8, 4) is 17.4 Å². The summed E-state index contributed by atoms with van der Waals surface area (Å²) in [6.45, 7) is 5.47. The Kier molecular flexibility index (Phi) is 3.59. The summed E-state index contributed by atoms with van der Waals surface area (Å²) in [7, 11) is 0. The first kappa shape index (κ1) is 13.2. The minimum absolute atomic E-state index is 0.103. The van der Waals surface area contributed by atoms with Crippen molar-refractivity contribution in [3.05, 3.63) is 29.7 Å². The van der Waals surface area contributed by atoms with Gasteiger partial charge in [-0.25, -0.2) is 4.39 Å². The number of aromatic amines is 1. The number of rotatable bonds is 4. The molecular formula is C13H16FN3O2. The molecule has 0 unspecified atom stereocenters. The van der Waals surface area contributed by atoms with Gasteiger partial charge in [-0.3, -0.25) is 5.10 Å². The summed E-state index contributed by atoms with van der Waals surface area (Å²) in [5, 5.41) is 6.67. The van der Waals surface area contributed by atoms with E-state index in [0.29, 0.717) is 11.6 Å². The van der Waals surface area contributed by atoms with Crippen LogP contribution in [-0.2, 0) is 0 Å². The van der Waals surface area contributed by atoms with Gasteiger partial charge in [0.25, 0.3) is 0 Å². The second kappa shape index (κ2) is 5.17. The number of anilines is 1. The summed E-state index contributed by atoms with van der Waals surface area (Å²) < 4.78 is 24.5. The Morgan fingerprint density at radius 1 is 1.26 bits per heavy atom. The average Bonchev–Trinajstić information content (AvgIpc) is 2.70. The molecule has 6 heteroatoms. The van der Waals surface area contributed by atoms with Gasteiger partial charge in [-0.05, 0) is 20.8 Å². The molecule has 5 nitrogen and oxygen atoms in total. The third kappa shape index (κ3) is 3.15. The molecule has 0 radical (unpaired) electrons. The fraction of sp³-hybridized carbons (Fsp3) is 0.308. The van der Waals surface area contributed by atoms with Gasteiger partial charge < -0.3 is 15.2 Å². The Labute approximate surface area is 110 Å². The Hall–Kier alpha value is -2.24. The van der Waals surface area contributed by atoms with Crippen molar-refractivity contribution in [3.63, 3.8) is 0 Å². The molecular weight excluding hydrogens is 249 g/mol. The Balaban J connectivity index is 2.29. The Morgan fingerprint density at radius 3 is 2.58 bits per heavy atom. The number of nitrogens with two attached hydrogens (primary N) is 1. The maximum atomic E-state index is 13.7. The monoisotopic (exact) mass is 265 g/mol. The molecule has 102 valence electrons. The van der Waals surface area contributed by atoms with Crippen molar-refractivity contribution < 1.29 is 13.9 Å². The minimum Gasteiger partial charge on any atom is -0.488 e. The van der Waals surface area contributed by atoms with Crippen LogP contribution in [-0.4, -0.2) is 16.3 Å². The smallest absolute Gasteiger partial charge is 0.238 e. The topological polar surface area (TPSA) is 73.2 Å². The number of H-pyrrole nitrogens is 1. The normalized spacial score (nSPS) is 10.8. The molecule has 0 fully saturated rings. The van der Waals surface area contributed by atoms with Crippen LogP contribution in [0.25, 0.3) is 0 Å². The van der Waals surface area contributed by atoms with E-state index in [0.717, 1.165) is 5.69 Å². The summed E-state index contributed by atoms with van der Waals surface area (Å²) in [6, 6.07) is 4.31. The van der Waals surface area contributed by atoms with E-state index in [2.05, 4.69) is 10.2 Å². The Bertz CT molecular complexity index is 581. The van der Waals surface area contributed by atoms with Crippen LogP contribution in [0.1, 0.15) is 19.5 Å². The number of aromatic nitrogens is 2. The zero-order valence-electron chi connectivity index (χ0n) is 11.0. The van der Waals surface area contributed by atoms with Crippen molar-refractivity contribution in [2.75, 3.05) is 5.73 Å². The molecule has 0 saturated carbocycles. The van der Waals surface area contributed by atoms with E-state index in [9.17, 15) is 4.39 Å². The predicted octanol–water partition coefficient (Wildman–Crippen LogP) is 3.02. The van der Waals surface area contributed by atoms with Gasteiger partial charge in [0.2, 0.25) is 5.88 Å². The summed E-state index contributed by atoms with van der Waals surface area (Å²) in [6.07, 6.45) is -0.140. The number of nitrogens with zero attached hydrogens (tertiary/aromatic N) is 1. The fourth-order valence-electron chi connectivity index (χ4n) is 1.54. The van der Waals surface area contributed by atoms with Gasteiger partial charge in [0.15, 0.2) is 17.3 Å². The first-order chi connectivity index (χ1) is 8.95. The predicted molar refractivity (Wildman–Crippen MR) is 70.0 cm³/mol. The lowest BCUT2D eigenvalue weighted by Crippen LogP contribution is -2.07. The highest BCUT2D eigenvalue weighted by Gasteiger charge is 2.13. The summed E-state index contributed by atoms with van der Waals surface area (Å²) in [4.78, 5) is 0. The highest BCUT2D eigenvalue weighted by atomic mass is 19.1. The van der Waals surface area contributed by atoms with Gasteiger partial charge in [0, 0.05) is 23.9 Å². The summed E-state index contributed by atoms with van der Waals surface area (Å²) >= 11 is 0. The lowest BCUT2D eigenvalue weighted by molar-refractivity contribution is 0.230. The van der Waals surface area contributed by atoms with Crippen molar-refractivity contribution in [2.45, 2.75) is 26.9 Å². The van der Waals surface area contributed by atoms with Crippen LogP contribution < -0.4 is 15.2 Å². The maximum Gasteiger partial charge on any atom is 0.238 e. The average molecular weight is 265 g/mol. The van der Waals surface area contributed by atoms with Gasteiger partial charge in [-0.1, -0.05) is 0 Å². The number of ether oxygens (including phenoxy) is 2. The molecule has 0 aliphatic heterocycles. The number of halogens is 1. The standard InChI is InChI=1S/C13H16FN3O2/c1-7(2)18-11-6-12(10(15)5-9(11)14)19-13-4-8(3)16-17-13/h4-7H,15H2,1-3H3,(H,16,17). The number of nitrogen functional groups attached to an aromatic ring is 1. The molecule has 2 aromatic rings. The van der Waals surface area contributed by atoms with E-state index in [1.807, 2.05) is 20.8 Å². The molecule has 0 spiro atoms. The molecule has 1 aromatic heterocycles. The highest BCUT2D eigenvalue weighted by molar-refractivity contribution is 5.57. The summed E-state index contributed by atoms with van der Waals surface area (Å²) in [5.74, 6) is 0.262. The van der Waals surface area contributed by atoms with Crippen molar-refractivity contribution in [1.29, 1.82) is 0 Å². The van der Waals surface area contributed by atoms with Crippen molar-refractivity contribution >= 4 is 5.69 Å². The lowest BCUT2D eigenvalue weighted by Gasteiger charge is -2.13. The molecule has 2 rings (SSSR count). The number of hydrogen-bond acceptors (Lipinski definition) is 4. The molecule has 1 heterocycles. The maximum absolute atomic E-state index is 13.7. The number of nitrogens with one attached hydrogen (secondary N) is 1. The van der Waals surface area contributed by atoms with Gasteiger partial charge >= 0.3 is 0 Å². The van der Waals surface area contributed by atoms with Gasteiger partial charge in [0.1, 0.15) is 0 Å². The van der Waals surface area contributed by atoms with Crippen LogP contribution in [0.5, 0.6) is 17.4 Å². The van der Waals surface area contributed by atoms with E-state index in [-0.39, 0.29) is 17.5 Å². The van der Waals surface area contributed by atoms with E-state index < -0.39 is 5.82 Å². The van der Waals surface area contributed by atoms with Crippen molar-refractivity contribution in [2.24, 2.45) is 0 Å². The van der Waals surface area contributed by atoms with Crippen LogP contribution in [0.2, 0.25) is 0 Å². The van der Waals surface area contributed by atoms with E-state index in [4.69, 9.17) is 15.2 Å². The quantitative estimate of drug-likeness (QED) is 0.833. The minimum atomic E-state index is -0.517. The fourth-order valence-corrected chi connectivity index (χ4v) is 1.54. The molecule has 0 amide bonds. The zero-order valence-corrected chi connectivity index (χ0v) is 11.0. The molecule has 3 N–H and O–H groups in total. The number of hydrogen-bond donors (Lipinski definition) is 2. The molecule has 0 aliphatic carbocycles. The van der Waals surface area contributed by atoms with Crippen LogP contribution in [0.3, 0.4) is 0 Å². The first-order valence-electron chi connectivity index (χ1n) is 5.91. The molecule has 0 atom stereocenters. The van der Waals surface area contributed by atoms with Gasteiger partial charge in [-0.2, -0.15) is 0 Å². The largest absolute Gasteiger partial charge is 0.488 e. The second-order valence-corrected chi connectivity index (χ2v) is 4.48. The van der Waals surface area contributed by atoms with Crippen LogP contribution in [0.15, 0.2) is 18.2 Å². The molecule has 0 aliphatic rings. The third-order valence-corrected chi connectivity index (χ3v) is 2.32. The van der Waals surface area contributed by atoms with E-state index >= 15 is 0 Å². The molecule has 1 aromatic carbocycles. The molecule has 19 heavy (non-hydrogen) atoms. The number of benzene rings is 1. The Morgan fingerprint density at radius 2 is 2.00 bits per heavy atom. The number of aryl methyl sites for hydroxylation is 1.